The van der Waals surface area contributed by atoms with E-state index in [1.165, 1.54) is 15.1 Å². The van der Waals surface area contributed by atoms with Crippen LogP contribution in [0.4, 0.5) is 4.39 Å². The van der Waals surface area contributed by atoms with E-state index in [9.17, 15) is 19.1 Å². The molecule has 0 aliphatic rings. The number of hydrogen-bond donors (Lipinski definition) is 1. The number of benzene rings is 1. The Bertz CT molecular complexity index is 1030. The van der Waals surface area contributed by atoms with Gasteiger partial charge in [-0.25, -0.2) is 13.7 Å². The second-order valence-corrected chi connectivity index (χ2v) is 5.60. The third-order valence-corrected chi connectivity index (χ3v) is 4.12. The van der Waals surface area contributed by atoms with Crippen LogP contribution in [0, 0.1) is 19.7 Å². The van der Waals surface area contributed by atoms with E-state index >= 15 is 0 Å². The number of halogens is 1. The maximum Gasteiger partial charge on any atom is 0.356 e. The fourth-order valence-electron chi connectivity index (χ4n) is 2.79. The van der Waals surface area contributed by atoms with Gasteiger partial charge in [0.1, 0.15) is 11.3 Å². The van der Waals surface area contributed by atoms with Crippen LogP contribution in [0.5, 0.6) is 0 Å². The molecule has 2 heterocycles. The van der Waals surface area contributed by atoms with Gasteiger partial charge in [0.15, 0.2) is 5.69 Å². The van der Waals surface area contributed by atoms with Gasteiger partial charge in [-0.2, -0.15) is 5.10 Å². The minimum absolute atomic E-state index is 0.165. The molecule has 6 nitrogen and oxygen atoms in total. The van der Waals surface area contributed by atoms with Gasteiger partial charge in [0.2, 0.25) is 0 Å². The second kappa shape index (κ2) is 5.59. The lowest BCUT2D eigenvalue weighted by Crippen LogP contribution is -2.23. The number of fused-ring (bicyclic) bond motifs is 1. The van der Waals surface area contributed by atoms with E-state index in [2.05, 4.69) is 5.10 Å². The number of nitrogens with zero attached hydrogens (tertiary/aromatic N) is 3. The number of aryl methyl sites for hydroxylation is 2. The molecule has 2 aromatic heterocycles. The topological polar surface area (TPSA) is 76.6 Å². The minimum atomic E-state index is -1.19. The first-order chi connectivity index (χ1) is 11.3. The summed E-state index contributed by atoms with van der Waals surface area (Å²) in [6.45, 7) is 5.38. The van der Waals surface area contributed by atoms with E-state index in [1.807, 2.05) is 0 Å². The van der Waals surface area contributed by atoms with E-state index in [1.54, 1.807) is 39.1 Å². The van der Waals surface area contributed by atoms with Crippen LogP contribution in [0.3, 0.4) is 0 Å². The first kappa shape index (κ1) is 15.9. The first-order valence-electron chi connectivity index (χ1n) is 7.47. The number of aromatic carboxylic acids is 1. The Morgan fingerprint density at radius 1 is 1.33 bits per heavy atom. The highest BCUT2D eigenvalue weighted by molar-refractivity contribution is 5.89. The summed E-state index contributed by atoms with van der Waals surface area (Å²) in [6.07, 6.45) is 1.56. The highest BCUT2D eigenvalue weighted by Crippen LogP contribution is 2.22. The van der Waals surface area contributed by atoms with Gasteiger partial charge < -0.3 is 9.67 Å². The normalized spacial score (nSPS) is 11.2. The molecule has 3 aromatic rings. The molecular formula is C17H16FN3O3. The summed E-state index contributed by atoms with van der Waals surface area (Å²) in [5.41, 5.74) is 1.53. The van der Waals surface area contributed by atoms with Crippen LogP contribution >= 0.6 is 0 Å². The van der Waals surface area contributed by atoms with Crippen molar-refractivity contribution >= 4 is 11.5 Å². The monoisotopic (exact) mass is 329 g/mol. The molecule has 0 radical (unpaired) electrons. The van der Waals surface area contributed by atoms with Crippen LogP contribution in [-0.2, 0) is 6.54 Å². The standard InChI is InChI=1S/C17H16FN3O3/c1-4-20-13(11-6-5-9(2)12(18)7-11)8-21-15(16(20)22)10(3)14(19-21)17(23)24/h5-8H,4H2,1-3H3,(H,23,24). The number of carboxylic acid groups (broad SMARTS) is 1. The lowest BCUT2D eigenvalue weighted by Gasteiger charge is -2.12. The Morgan fingerprint density at radius 2 is 2.04 bits per heavy atom. The van der Waals surface area contributed by atoms with Crippen LogP contribution in [0.1, 0.15) is 28.5 Å². The molecule has 1 aromatic carbocycles. The smallest absolute Gasteiger partial charge is 0.356 e. The number of rotatable bonds is 3. The summed E-state index contributed by atoms with van der Waals surface area (Å²) in [4.78, 5) is 24.0. The van der Waals surface area contributed by atoms with Gasteiger partial charge >= 0.3 is 5.97 Å². The van der Waals surface area contributed by atoms with Crippen LogP contribution in [0.25, 0.3) is 16.8 Å². The zero-order valence-corrected chi connectivity index (χ0v) is 13.5. The van der Waals surface area contributed by atoms with E-state index in [-0.39, 0.29) is 22.6 Å². The van der Waals surface area contributed by atoms with Crippen LogP contribution in [0.2, 0.25) is 0 Å². The minimum Gasteiger partial charge on any atom is -0.476 e. The van der Waals surface area contributed by atoms with E-state index in [0.29, 0.717) is 28.9 Å². The number of hydrogen-bond acceptors (Lipinski definition) is 3. The Morgan fingerprint density at radius 3 is 2.62 bits per heavy atom. The Hall–Kier alpha value is -2.96. The maximum atomic E-state index is 13.9. The molecule has 3 rings (SSSR count). The van der Waals surface area contributed by atoms with Crippen LogP contribution < -0.4 is 5.56 Å². The Kier molecular flexibility index (Phi) is 3.71. The molecule has 0 saturated carbocycles. The first-order valence-corrected chi connectivity index (χ1v) is 7.47. The molecule has 0 saturated heterocycles. The lowest BCUT2D eigenvalue weighted by atomic mass is 10.1. The Balaban J connectivity index is 2.38. The Labute approximate surface area is 136 Å². The van der Waals surface area contributed by atoms with Gasteiger partial charge in [0.25, 0.3) is 5.56 Å². The van der Waals surface area contributed by atoms with Crippen molar-refractivity contribution in [2.45, 2.75) is 27.3 Å². The van der Waals surface area contributed by atoms with Gasteiger partial charge in [0.05, 0.1) is 11.9 Å². The van der Waals surface area contributed by atoms with Gasteiger partial charge in [-0.15, -0.1) is 0 Å². The zero-order chi connectivity index (χ0) is 17.6. The SMILES string of the molecule is CCn1c(-c2ccc(C)c(F)c2)cn2nc(C(=O)O)c(C)c2c1=O. The summed E-state index contributed by atoms with van der Waals surface area (Å²) >= 11 is 0. The molecule has 0 spiro atoms. The lowest BCUT2D eigenvalue weighted by molar-refractivity contribution is 0.0689. The number of aromatic nitrogens is 3. The molecule has 0 unspecified atom stereocenters. The molecule has 0 fully saturated rings. The fraction of sp³-hybridized carbons (Fsp3) is 0.235. The van der Waals surface area contributed by atoms with Crippen molar-refractivity contribution in [2.24, 2.45) is 0 Å². The summed E-state index contributed by atoms with van der Waals surface area (Å²) < 4.78 is 16.7. The number of carbonyl (C=O) groups is 1. The summed E-state index contributed by atoms with van der Waals surface area (Å²) in [6, 6.07) is 4.71. The van der Waals surface area contributed by atoms with E-state index < -0.39 is 5.97 Å². The summed E-state index contributed by atoms with van der Waals surface area (Å²) in [5, 5.41) is 13.2. The van der Waals surface area contributed by atoms with Gasteiger partial charge in [-0.1, -0.05) is 12.1 Å². The van der Waals surface area contributed by atoms with E-state index in [0.717, 1.165) is 0 Å². The molecule has 1 N–H and O–H groups in total. The molecule has 0 aliphatic carbocycles. The zero-order valence-electron chi connectivity index (χ0n) is 13.5. The quantitative estimate of drug-likeness (QED) is 0.801. The molecular weight excluding hydrogens is 313 g/mol. The molecule has 124 valence electrons. The van der Waals surface area contributed by atoms with Crippen molar-refractivity contribution in [1.82, 2.24) is 14.2 Å². The third kappa shape index (κ3) is 2.29. The average Bonchev–Trinajstić information content (AvgIpc) is 2.87. The van der Waals surface area contributed by atoms with Gasteiger partial charge in [-0.3, -0.25) is 4.79 Å². The van der Waals surface area contributed by atoms with Crippen molar-refractivity contribution in [3.8, 4) is 11.3 Å². The largest absolute Gasteiger partial charge is 0.476 e. The van der Waals surface area contributed by atoms with Crippen molar-refractivity contribution in [3.05, 3.63) is 57.4 Å². The molecule has 0 atom stereocenters. The predicted octanol–water partition coefficient (Wildman–Crippen LogP) is 2.64. The summed E-state index contributed by atoms with van der Waals surface area (Å²) in [7, 11) is 0. The molecule has 24 heavy (non-hydrogen) atoms. The third-order valence-electron chi connectivity index (χ3n) is 4.12. The van der Waals surface area contributed by atoms with Crippen LogP contribution in [-0.4, -0.2) is 25.3 Å². The van der Waals surface area contributed by atoms with Gasteiger partial charge in [-0.05, 0) is 32.4 Å². The van der Waals surface area contributed by atoms with E-state index in [4.69, 9.17) is 0 Å². The molecule has 0 bridgehead atoms. The van der Waals surface area contributed by atoms with Crippen molar-refractivity contribution in [2.75, 3.05) is 0 Å². The van der Waals surface area contributed by atoms with Crippen molar-refractivity contribution in [3.63, 3.8) is 0 Å². The fourth-order valence-corrected chi connectivity index (χ4v) is 2.79. The molecule has 0 amide bonds. The van der Waals surface area contributed by atoms with Crippen LogP contribution in [0.15, 0.2) is 29.2 Å². The predicted molar refractivity (Wildman–Crippen MR) is 87.0 cm³/mol. The van der Waals surface area contributed by atoms with Gasteiger partial charge in [0, 0.05) is 17.7 Å². The average molecular weight is 329 g/mol. The second-order valence-electron chi connectivity index (χ2n) is 5.60. The summed E-state index contributed by atoms with van der Waals surface area (Å²) in [5.74, 6) is -1.56. The van der Waals surface area contributed by atoms with Crippen molar-refractivity contribution < 1.29 is 14.3 Å². The van der Waals surface area contributed by atoms with Crippen molar-refractivity contribution in [1.29, 1.82) is 0 Å². The molecule has 7 heteroatoms. The highest BCUT2D eigenvalue weighted by Gasteiger charge is 2.20. The number of carboxylic acids is 1. The maximum absolute atomic E-state index is 13.9. The molecule has 0 aliphatic heterocycles. The highest BCUT2D eigenvalue weighted by atomic mass is 19.1.